The highest BCUT2D eigenvalue weighted by atomic mass is 16.7. The molecule has 0 saturated carbocycles. The normalized spacial score (nSPS) is 13.0. The minimum Gasteiger partial charge on any atom is -0.462 e. The summed E-state index contributed by atoms with van der Waals surface area (Å²) in [5.41, 5.74) is 3.32. The molecule has 2 aliphatic rings. The minimum absolute atomic E-state index is 0.0135. The van der Waals surface area contributed by atoms with Crippen LogP contribution in [0.4, 0.5) is 4.79 Å². The number of hydrogen-bond donors (Lipinski definition) is 1. The van der Waals surface area contributed by atoms with E-state index in [9.17, 15) is 14.4 Å². The second-order valence-corrected chi connectivity index (χ2v) is 10.4. The van der Waals surface area contributed by atoms with Crippen LogP contribution in [-0.4, -0.2) is 43.6 Å². The number of rotatable bonds is 11. The van der Waals surface area contributed by atoms with E-state index in [0.29, 0.717) is 17.1 Å². The van der Waals surface area contributed by atoms with Gasteiger partial charge in [-0.3, -0.25) is 4.79 Å². The number of alkyl carbamates (subject to hydrolysis) is 1. The molecule has 0 fully saturated rings. The average molecular weight is 596 g/mol. The van der Waals surface area contributed by atoms with Crippen molar-refractivity contribution in [2.75, 3.05) is 20.0 Å². The number of hydrogen-bond acceptors (Lipinski definition) is 8. The van der Waals surface area contributed by atoms with Crippen molar-refractivity contribution in [2.24, 2.45) is 0 Å². The number of fused-ring (bicyclic) bond motifs is 4. The Kier molecular flexibility index (Phi) is 9.44. The fourth-order valence-electron chi connectivity index (χ4n) is 5.04. The summed E-state index contributed by atoms with van der Waals surface area (Å²) in [5.74, 6) is -0.133. The number of benzene rings is 4. The Hall–Kier alpha value is -5.31. The summed E-state index contributed by atoms with van der Waals surface area (Å²) in [5, 5.41) is 2.72. The van der Waals surface area contributed by atoms with Gasteiger partial charge in [-0.05, 0) is 29.7 Å². The molecule has 1 N–H and O–H groups in total. The van der Waals surface area contributed by atoms with Gasteiger partial charge in [0.05, 0.1) is 0 Å². The predicted molar refractivity (Wildman–Crippen MR) is 163 cm³/mol. The number of carbonyl (C=O) groups excluding carboxylic acids is 3. The van der Waals surface area contributed by atoms with Crippen molar-refractivity contribution >= 4 is 18.0 Å². The van der Waals surface area contributed by atoms with Gasteiger partial charge in [0, 0.05) is 30.0 Å². The quantitative estimate of drug-likeness (QED) is 0.126. The summed E-state index contributed by atoms with van der Waals surface area (Å²) >= 11 is 0. The molecule has 0 aliphatic carbocycles. The Morgan fingerprint density at radius 1 is 0.773 bits per heavy atom. The molecule has 1 amide bonds. The third-order valence-corrected chi connectivity index (χ3v) is 7.07. The lowest BCUT2D eigenvalue weighted by Gasteiger charge is -2.29. The van der Waals surface area contributed by atoms with Gasteiger partial charge in [0.25, 0.3) is 0 Å². The molecule has 2 aliphatic heterocycles. The molecule has 9 nitrogen and oxygen atoms in total. The fraction of sp³-hybridized carbons (Fsp3) is 0.229. The number of ether oxygens (including phenoxy) is 5. The van der Waals surface area contributed by atoms with Gasteiger partial charge >= 0.3 is 18.0 Å². The molecule has 1 atom stereocenters. The van der Waals surface area contributed by atoms with E-state index in [1.807, 2.05) is 97.1 Å². The number of nitrogens with one attached hydrogen (secondary N) is 1. The lowest BCUT2D eigenvalue weighted by Crippen LogP contribution is -2.55. The van der Waals surface area contributed by atoms with Gasteiger partial charge in [-0.25, -0.2) is 9.59 Å². The Balaban J connectivity index is 1.51. The van der Waals surface area contributed by atoms with Crippen molar-refractivity contribution < 1.29 is 38.1 Å². The maximum Gasteiger partial charge on any atom is 0.408 e. The van der Waals surface area contributed by atoms with Crippen molar-refractivity contribution in [3.05, 3.63) is 108 Å². The first-order valence-electron chi connectivity index (χ1n) is 14.2. The van der Waals surface area contributed by atoms with E-state index in [2.05, 4.69) is 5.32 Å². The molecule has 0 saturated heterocycles. The maximum absolute atomic E-state index is 13.6. The molecule has 0 spiro atoms. The third kappa shape index (κ3) is 7.18. The van der Waals surface area contributed by atoms with Crippen molar-refractivity contribution in [2.45, 2.75) is 32.4 Å². The average Bonchev–Trinajstić information content (AvgIpc) is 3.35. The smallest absolute Gasteiger partial charge is 0.408 e. The fourth-order valence-corrected chi connectivity index (χ4v) is 5.04. The van der Waals surface area contributed by atoms with Gasteiger partial charge < -0.3 is 29.0 Å². The standard InChI is InChI=1S/C35H33NO8/c1-24(37)40-18-19-41-33(38)35(2,36-34(39)42-22-25-12-6-3-7-13-25)21-28-20-29-30(26-14-8-4-9-15-26)31(32(28)44-23-43-29)27-16-10-5-11-17-27/h3-17,20H,18-19,21-23H2,1-2H3,(H,36,39)/t35-/m0/s1. The molecule has 0 radical (unpaired) electrons. The van der Waals surface area contributed by atoms with Crippen LogP contribution in [-0.2, 0) is 36.8 Å². The van der Waals surface area contributed by atoms with Crippen molar-refractivity contribution in [3.8, 4) is 33.8 Å². The summed E-state index contributed by atoms with van der Waals surface area (Å²) in [4.78, 5) is 37.8. The molecule has 2 bridgehead atoms. The first-order valence-corrected chi connectivity index (χ1v) is 14.2. The highest BCUT2D eigenvalue weighted by molar-refractivity contribution is 5.93. The van der Waals surface area contributed by atoms with Crippen LogP contribution >= 0.6 is 0 Å². The second-order valence-electron chi connectivity index (χ2n) is 10.4. The van der Waals surface area contributed by atoms with E-state index in [-0.39, 0.29) is 33.0 Å². The van der Waals surface area contributed by atoms with Gasteiger partial charge in [-0.1, -0.05) is 91.0 Å². The van der Waals surface area contributed by atoms with E-state index in [1.54, 1.807) is 6.92 Å². The number of amides is 1. The van der Waals surface area contributed by atoms with Gasteiger partial charge in [-0.15, -0.1) is 0 Å². The third-order valence-electron chi connectivity index (χ3n) is 7.07. The van der Waals surface area contributed by atoms with Crippen LogP contribution in [0.5, 0.6) is 11.5 Å². The molecule has 0 aromatic heterocycles. The monoisotopic (exact) mass is 595 g/mol. The van der Waals surface area contributed by atoms with Crippen molar-refractivity contribution in [1.29, 1.82) is 0 Å². The first kappa shape index (κ1) is 30.2. The molecule has 6 rings (SSSR count). The first-order chi connectivity index (χ1) is 21.3. The van der Waals surface area contributed by atoms with Gasteiger partial charge in [0.1, 0.15) is 36.9 Å². The molecule has 4 aromatic carbocycles. The minimum atomic E-state index is -1.59. The van der Waals surface area contributed by atoms with Crippen LogP contribution in [0.15, 0.2) is 97.1 Å². The summed E-state index contributed by atoms with van der Waals surface area (Å²) in [7, 11) is 0. The lowest BCUT2D eigenvalue weighted by molar-refractivity contribution is -0.155. The lowest BCUT2D eigenvalue weighted by atomic mass is 9.86. The summed E-state index contributed by atoms with van der Waals surface area (Å²) in [6, 6.07) is 30.7. The Labute approximate surface area is 255 Å². The zero-order valence-electron chi connectivity index (χ0n) is 24.5. The van der Waals surface area contributed by atoms with E-state index in [0.717, 1.165) is 27.8 Å². The summed E-state index contributed by atoms with van der Waals surface area (Å²) < 4.78 is 28.0. The number of esters is 2. The molecule has 9 heteroatoms. The van der Waals surface area contributed by atoms with E-state index >= 15 is 0 Å². The predicted octanol–water partition coefficient (Wildman–Crippen LogP) is 6.08. The molecule has 226 valence electrons. The van der Waals surface area contributed by atoms with Crippen molar-refractivity contribution in [3.63, 3.8) is 0 Å². The highest BCUT2D eigenvalue weighted by Gasteiger charge is 2.40. The highest BCUT2D eigenvalue weighted by Crippen LogP contribution is 2.49. The number of carbonyl (C=O) groups is 3. The topological polar surface area (TPSA) is 109 Å². The Bertz CT molecular complexity index is 1610. The molecule has 0 unspecified atom stereocenters. The van der Waals surface area contributed by atoms with Gasteiger partial charge in [-0.2, -0.15) is 0 Å². The van der Waals surface area contributed by atoms with Crippen molar-refractivity contribution in [1.82, 2.24) is 5.32 Å². The molecular formula is C35H33NO8. The second kappa shape index (κ2) is 13.8. The maximum atomic E-state index is 13.6. The Morgan fingerprint density at radius 3 is 2.00 bits per heavy atom. The molecule has 4 aromatic rings. The molecule has 2 heterocycles. The van der Waals surface area contributed by atoms with E-state index in [1.165, 1.54) is 6.92 Å². The van der Waals surface area contributed by atoms with Crippen LogP contribution in [0.2, 0.25) is 0 Å². The largest absolute Gasteiger partial charge is 0.462 e. The Morgan fingerprint density at radius 2 is 1.36 bits per heavy atom. The van der Waals surface area contributed by atoms with Crippen LogP contribution in [0, 0.1) is 0 Å². The van der Waals surface area contributed by atoms with Gasteiger partial charge in [0.2, 0.25) is 6.79 Å². The van der Waals surface area contributed by atoms with E-state index < -0.39 is 23.6 Å². The van der Waals surface area contributed by atoms with Crippen LogP contribution in [0.3, 0.4) is 0 Å². The molecule has 44 heavy (non-hydrogen) atoms. The van der Waals surface area contributed by atoms with Crippen LogP contribution in [0.1, 0.15) is 25.0 Å². The molecular weight excluding hydrogens is 562 g/mol. The zero-order valence-corrected chi connectivity index (χ0v) is 24.5. The van der Waals surface area contributed by atoms with Gasteiger partial charge in [0.15, 0.2) is 0 Å². The van der Waals surface area contributed by atoms with Crippen LogP contribution in [0.25, 0.3) is 22.3 Å². The summed E-state index contributed by atoms with van der Waals surface area (Å²) in [6.45, 7) is 2.50. The summed E-state index contributed by atoms with van der Waals surface area (Å²) in [6.07, 6.45) is -0.813. The van der Waals surface area contributed by atoms with Crippen LogP contribution < -0.4 is 14.8 Å². The zero-order chi connectivity index (χ0) is 30.9. The van der Waals surface area contributed by atoms with E-state index in [4.69, 9.17) is 23.7 Å². The SMILES string of the molecule is CC(=O)OCCOC(=O)[C@](C)(Cc1cc2c(-c3ccccc3)c(-c3ccccc3)c1OCO2)NC(=O)OCc1ccccc1.